The Morgan fingerprint density at radius 1 is 0.742 bits per heavy atom. The number of phenolic OH excluding ortho intramolecular Hbond substituents is 1. The highest BCUT2D eigenvalue weighted by atomic mass is 32.1. The van der Waals surface area contributed by atoms with E-state index in [1.54, 1.807) is 18.4 Å². The number of aryl methyl sites for hydroxylation is 1. The smallest absolute Gasteiger partial charge is 0.119 e. The lowest BCUT2D eigenvalue weighted by atomic mass is 9.78. The molecular weight excluding hydrogens is 404 g/mol. The van der Waals surface area contributed by atoms with Crippen molar-refractivity contribution in [1.29, 1.82) is 0 Å². The Morgan fingerprint density at radius 2 is 1.16 bits per heavy atom. The first kappa shape index (κ1) is 28.6. The number of thiol groups is 1. The summed E-state index contributed by atoms with van der Waals surface area (Å²) in [5.74, 6) is 1.19. The molecule has 0 aromatic heterocycles. The zero-order valence-corrected chi connectivity index (χ0v) is 20.7. The zero-order chi connectivity index (χ0) is 23.9. The number of phenols is 1. The molecule has 3 aromatic rings. The van der Waals surface area contributed by atoms with E-state index >= 15 is 0 Å². The molecule has 0 heterocycles. The van der Waals surface area contributed by atoms with Crippen molar-refractivity contribution in [3.8, 4) is 11.5 Å². The van der Waals surface area contributed by atoms with Crippen LogP contribution >= 0.6 is 12.6 Å². The molecule has 0 spiro atoms. The van der Waals surface area contributed by atoms with Gasteiger partial charge in [0.2, 0.25) is 0 Å². The summed E-state index contributed by atoms with van der Waals surface area (Å²) < 4.78 is 5.67. The van der Waals surface area contributed by atoms with E-state index in [1.165, 1.54) is 16.7 Å². The monoisotopic (exact) mass is 442 g/mol. The molecule has 0 fully saturated rings. The summed E-state index contributed by atoms with van der Waals surface area (Å²) in [5.41, 5.74) is 3.61. The average molecular weight is 443 g/mol. The molecule has 2 N–H and O–H groups in total. The maximum Gasteiger partial charge on any atom is 0.119 e. The van der Waals surface area contributed by atoms with E-state index in [4.69, 9.17) is 9.84 Å². The minimum atomic E-state index is -0.107. The lowest BCUT2D eigenvalue weighted by Gasteiger charge is -2.26. The molecule has 0 saturated carbocycles. The molecule has 0 atom stereocenters. The van der Waals surface area contributed by atoms with Crippen LogP contribution in [0, 0.1) is 6.92 Å². The van der Waals surface area contributed by atoms with Crippen molar-refractivity contribution in [1.82, 2.24) is 0 Å². The van der Waals surface area contributed by atoms with Crippen LogP contribution in [0.4, 0.5) is 0 Å². The first-order valence-corrected chi connectivity index (χ1v) is 11.2. The quantitative estimate of drug-likeness (QED) is 0.396. The molecule has 0 saturated heterocycles. The van der Waals surface area contributed by atoms with Gasteiger partial charge in [-0.15, -0.1) is 0 Å². The molecule has 170 valence electrons. The van der Waals surface area contributed by atoms with Crippen LogP contribution in [0.2, 0.25) is 0 Å². The van der Waals surface area contributed by atoms with Gasteiger partial charge in [-0.25, -0.2) is 0 Å². The van der Waals surface area contributed by atoms with Crippen molar-refractivity contribution in [2.24, 2.45) is 0 Å². The van der Waals surface area contributed by atoms with Crippen LogP contribution < -0.4 is 4.74 Å². The van der Waals surface area contributed by atoms with Gasteiger partial charge in [-0.05, 0) is 62.4 Å². The third-order valence-corrected chi connectivity index (χ3v) is 4.48. The second-order valence-corrected chi connectivity index (χ2v) is 7.52. The zero-order valence-electron chi connectivity index (χ0n) is 19.8. The molecule has 3 aromatic carbocycles. The Morgan fingerprint density at radius 3 is 1.52 bits per heavy atom. The van der Waals surface area contributed by atoms with E-state index in [1.807, 2.05) is 56.3 Å². The first-order valence-electron chi connectivity index (χ1n) is 10.3. The third-order valence-electron chi connectivity index (χ3n) is 4.48. The molecule has 0 bridgehead atoms. The predicted molar refractivity (Wildman–Crippen MR) is 137 cm³/mol. The molecule has 3 nitrogen and oxygen atoms in total. The Balaban J connectivity index is 0.000000681. The number of hydrogen-bond acceptors (Lipinski definition) is 4. The summed E-state index contributed by atoms with van der Waals surface area (Å²) >= 11 is 3.53. The van der Waals surface area contributed by atoms with Crippen LogP contribution in [0.15, 0.2) is 78.9 Å². The minimum Gasteiger partial charge on any atom is -0.508 e. The topological polar surface area (TPSA) is 49.7 Å². The normalized spacial score (nSPS) is 9.87. The second-order valence-electron chi connectivity index (χ2n) is 7.52. The maximum atomic E-state index is 9.40. The van der Waals surface area contributed by atoms with E-state index < -0.39 is 0 Å². The van der Waals surface area contributed by atoms with E-state index in [9.17, 15) is 5.11 Å². The van der Waals surface area contributed by atoms with Crippen molar-refractivity contribution in [3.63, 3.8) is 0 Å². The van der Waals surface area contributed by atoms with Gasteiger partial charge in [0.15, 0.2) is 0 Å². The standard InChI is InChI=1S/C18H22O2.C7H8.CH4O.CH4S/c1-13(2)20-17-11-7-15(8-12-17)18(3,4)14-5-9-16(19)10-6-14;1-7-5-3-2-4-6-7;2*1-2/h5-13,19H,1-4H3;2-6H,1H3;2*2H,1H3. The summed E-state index contributed by atoms with van der Waals surface area (Å²) in [6, 6.07) is 25.9. The van der Waals surface area contributed by atoms with Crippen molar-refractivity contribution < 1.29 is 14.9 Å². The first-order chi connectivity index (χ1) is 14.8. The van der Waals surface area contributed by atoms with Crippen molar-refractivity contribution in [3.05, 3.63) is 95.6 Å². The Hall–Kier alpha value is -2.43. The molecule has 4 heteroatoms. The number of aromatic hydroxyl groups is 1. The fourth-order valence-electron chi connectivity index (χ4n) is 2.80. The number of aliphatic hydroxyl groups excluding tert-OH is 1. The van der Waals surface area contributed by atoms with E-state index in [0.29, 0.717) is 5.75 Å². The van der Waals surface area contributed by atoms with Gasteiger partial charge in [0.25, 0.3) is 0 Å². The highest BCUT2D eigenvalue weighted by molar-refractivity contribution is 7.79. The maximum absolute atomic E-state index is 9.40. The van der Waals surface area contributed by atoms with Gasteiger partial charge in [0.1, 0.15) is 11.5 Å². The lowest BCUT2D eigenvalue weighted by molar-refractivity contribution is 0.242. The van der Waals surface area contributed by atoms with E-state index in [0.717, 1.165) is 12.9 Å². The lowest BCUT2D eigenvalue weighted by Crippen LogP contribution is -2.18. The number of benzene rings is 3. The fourth-order valence-corrected chi connectivity index (χ4v) is 2.80. The van der Waals surface area contributed by atoms with Crippen LogP contribution in [0.3, 0.4) is 0 Å². The number of hydrogen-bond donors (Lipinski definition) is 3. The van der Waals surface area contributed by atoms with Gasteiger partial charge in [-0.3, -0.25) is 0 Å². The van der Waals surface area contributed by atoms with E-state index in [2.05, 4.69) is 57.7 Å². The van der Waals surface area contributed by atoms with Gasteiger partial charge >= 0.3 is 0 Å². The van der Waals surface area contributed by atoms with Crippen LogP contribution in [0.5, 0.6) is 11.5 Å². The predicted octanol–water partition coefficient (Wildman–Crippen LogP) is 6.65. The number of rotatable bonds is 4. The van der Waals surface area contributed by atoms with Crippen LogP contribution in [0.25, 0.3) is 0 Å². The van der Waals surface area contributed by atoms with Gasteiger partial charge < -0.3 is 14.9 Å². The summed E-state index contributed by atoms with van der Waals surface area (Å²) in [4.78, 5) is 0. The highest BCUT2D eigenvalue weighted by Gasteiger charge is 2.23. The Kier molecular flexibility index (Phi) is 14.2. The molecule has 31 heavy (non-hydrogen) atoms. The number of aliphatic hydroxyl groups is 1. The minimum absolute atomic E-state index is 0.107. The molecule has 0 unspecified atom stereocenters. The van der Waals surface area contributed by atoms with Crippen molar-refractivity contribution >= 4 is 12.6 Å². The average Bonchev–Trinajstić information content (AvgIpc) is 2.78. The second kappa shape index (κ2) is 15.4. The fraction of sp³-hybridized carbons (Fsp3) is 0.333. The SMILES string of the molecule is CC(C)Oc1ccc(C(C)(C)c2ccc(O)cc2)cc1.CO.CS.Cc1ccccc1. The summed E-state index contributed by atoms with van der Waals surface area (Å²) in [6.07, 6.45) is 1.88. The molecule has 0 aliphatic rings. The van der Waals surface area contributed by atoms with Crippen molar-refractivity contribution in [2.45, 2.75) is 46.1 Å². The molecule has 0 radical (unpaired) electrons. The molecular formula is C27H38O3S. The molecule has 3 rings (SSSR count). The highest BCUT2D eigenvalue weighted by Crippen LogP contribution is 2.33. The van der Waals surface area contributed by atoms with Gasteiger partial charge in [-0.2, -0.15) is 12.6 Å². The van der Waals surface area contributed by atoms with Gasteiger partial charge in [0, 0.05) is 12.5 Å². The largest absolute Gasteiger partial charge is 0.508 e. The summed E-state index contributed by atoms with van der Waals surface area (Å²) in [5, 5.41) is 16.4. The van der Waals surface area contributed by atoms with E-state index in [-0.39, 0.29) is 11.5 Å². The number of ether oxygens (including phenoxy) is 1. The van der Waals surface area contributed by atoms with Crippen molar-refractivity contribution in [2.75, 3.05) is 13.4 Å². The summed E-state index contributed by atoms with van der Waals surface area (Å²) in [7, 11) is 1.00. The Labute approximate surface area is 194 Å². The van der Waals surface area contributed by atoms with Crippen LogP contribution in [-0.4, -0.2) is 29.7 Å². The molecule has 0 aliphatic carbocycles. The van der Waals surface area contributed by atoms with Gasteiger partial charge in [0.05, 0.1) is 6.10 Å². The molecule has 0 aliphatic heterocycles. The Bertz CT molecular complexity index is 811. The van der Waals surface area contributed by atoms with Crippen LogP contribution in [0.1, 0.15) is 44.4 Å². The molecule has 0 amide bonds. The summed E-state index contributed by atoms with van der Waals surface area (Å²) in [6.45, 7) is 10.5. The van der Waals surface area contributed by atoms with Gasteiger partial charge in [-0.1, -0.05) is 74.0 Å². The third kappa shape index (κ3) is 10.4. The van der Waals surface area contributed by atoms with Crippen LogP contribution in [-0.2, 0) is 5.41 Å².